The van der Waals surface area contributed by atoms with Gasteiger partial charge in [-0.25, -0.2) is 4.98 Å². The number of aromatic nitrogens is 4. The molecule has 0 radical (unpaired) electrons. The zero-order chi connectivity index (χ0) is 13.9. The molecule has 0 aliphatic rings. The van der Waals surface area contributed by atoms with Gasteiger partial charge >= 0.3 is 0 Å². The Morgan fingerprint density at radius 3 is 2.90 bits per heavy atom. The fraction of sp³-hybridized carbons (Fsp3) is 0.214. The lowest BCUT2D eigenvalue weighted by Crippen LogP contribution is -2.19. The molecule has 2 heterocycles. The summed E-state index contributed by atoms with van der Waals surface area (Å²) in [5.74, 6) is 0.629. The van der Waals surface area contributed by atoms with Crippen LogP contribution in [0.5, 0.6) is 0 Å². The molecule has 6 heteroatoms. The van der Waals surface area contributed by atoms with Crippen molar-refractivity contribution < 1.29 is 0 Å². The minimum absolute atomic E-state index is 0.106. The van der Waals surface area contributed by atoms with E-state index in [0.29, 0.717) is 29.8 Å². The lowest BCUT2D eigenvalue weighted by atomic mass is 10.2. The highest BCUT2D eigenvalue weighted by molar-refractivity contribution is 5.77. The fourth-order valence-corrected chi connectivity index (χ4v) is 2.09. The van der Waals surface area contributed by atoms with Crippen molar-refractivity contribution >= 4 is 10.9 Å². The van der Waals surface area contributed by atoms with E-state index in [1.54, 1.807) is 10.7 Å². The van der Waals surface area contributed by atoms with Crippen molar-refractivity contribution in [3.05, 3.63) is 58.4 Å². The molecule has 2 N–H and O–H groups in total. The normalized spacial score (nSPS) is 11.1. The number of rotatable bonds is 4. The van der Waals surface area contributed by atoms with Crippen molar-refractivity contribution in [2.75, 3.05) is 0 Å². The standard InChI is InChI=1S/C14H15N5O/c1-19-7-6-10(18-19)8-15-9-13-16-12-5-3-2-4-11(12)14(20)17-13/h2-7,15H,8-9H2,1H3,(H,16,17,20). The Balaban J connectivity index is 1.73. The number of aryl methyl sites for hydroxylation is 1. The minimum Gasteiger partial charge on any atom is -0.309 e. The van der Waals surface area contributed by atoms with Crippen LogP contribution in [0.15, 0.2) is 41.3 Å². The Labute approximate surface area is 115 Å². The zero-order valence-electron chi connectivity index (χ0n) is 11.1. The second-order valence-corrected chi connectivity index (χ2v) is 4.61. The van der Waals surface area contributed by atoms with Crippen molar-refractivity contribution in [1.29, 1.82) is 0 Å². The lowest BCUT2D eigenvalue weighted by molar-refractivity contribution is 0.637. The number of para-hydroxylation sites is 1. The van der Waals surface area contributed by atoms with E-state index < -0.39 is 0 Å². The quantitative estimate of drug-likeness (QED) is 0.739. The first-order valence-electron chi connectivity index (χ1n) is 6.39. The van der Waals surface area contributed by atoms with E-state index in [0.717, 1.165) is 5.69 Å². The van der Waals surface area contributed by atoms with Gasteiger partial charge in [0.15, 0.2) is 0 Å². The number of hydrogen-bond acceptors (Lipinski definition) is 4. The van der Waals surface area contributed by atoms with E-state index in [1.807, 2.05) is 37.5 Å². The van der Waals surface area contributed by atoms with Crippen LogP contribution in [0.25, 0.3) is 10.9 Å². The summed E-state index contributed by atoms with van der Waals surface area (Å²) in [5, 5.41) is 8.10. The second kappa shape index (κ2) is 5.26. The molecule has 3 aromatic rings. The molecule has 0 atom stereocenters. The fourth-order valence-electron chi connectivity index (χ4n) is 2.09. The molecule has 0 amide bonds. The van der Waals surface area contributed by atoms with Crippen LogP contribution < -0.4 is 10.9 Å². The summed E-state index contributed by atoms with van der Waals surface area (Å²) in [6.45, 7) is 1.13. The summed E-state index contributed by atoms with van der Waals surface area (Å²) in [4.78, 5) is 19.1. The van der Waals surface area contributed by atoms with Crippen LogP contribution in [0.2, 0.25) is 0 Å². The summed E-state index contributed by atoms with van der Waals surface area (Å²) >= 11 is 0. The molecule has 0 aliphatic carbocycles. The first-order valence-corrected chi connectivity index (χ1v) is 6.39. The van der Waals surface area contributed by atoms with Gasteiger partial charge in [0.1, 0.15) is 5.82 Å². The first-order chi connectivity index (χ1) is 9.72. The molecule has 0 bridgehead atoms. The Morgan fingerprint density at radius 2 is 2.10 bits per heavy atom. The average molecular weight is 269 g/mol. The number of H-pyrrole nitrogens is 1. The predicted octanol–water partition coefficient (Wildman–Crippen LogP) is 0.946. The second-order valence-electron chi connectivity index (χ2n) is 4.61. The smallest absolute Gasteiger partial charge is 0.258 e. The largest absolute Gasteiger partial charge is 0.309 e. The van der Waals surface area contributed by atoms with Crippen LogP contribution in [-0.2, 0) is 20.1 Å². The maximum absolute atomic E-state index is 11.9. The van der Waals surface area contributed by atoms with Gasteiger partial charge < -0.3 is 10.3 Å². The maximum Gasteiger partial charge on any atom is 0.258 e. The van der Waals surface area contributed by atoms with Crippen LogP contribution >= 0.6 is 0 Å². The van der Waals surface area contributed by atoms with Crippen molar-refractivity contribution in [3.8, 4) is 0 Å². The van der Waals surface area contributed by atoms with Gasteiger partial charge in [0.05, 0.1) is 23.1 Å². The molecule has 3 rings (SSSR count). The number of nitrogens with one attached hydrogen (secondary N) is 2. The van der Waals surface area contributed by atoms with Crippen LogP contribution in [-0.4, -0.2) is 19.7 Å². The molecule has 0 saturated heterocycles. The molecule has 0 saturated carbocycles. The van der Waals surface area contributed by atoms with Crippen LogP contribution in [0, 0.1) is 0 Å². The van der Waals surface area contributed by atoms with Crippen LogP contribution in [0.4, 0.5) is 0 Å². The molecule has 6 nitrogen and oxygen atoms in total. The van der Waals surface area contributed by atoms with Gasteiger partial charge in [0.2, 0.25) is 0 Å². The van der Waals surface area contributed by atoms with Gasteiger partial charge in [-0.05, 0) is 18.2 Å². The van der Waals surface area contributed by atoms with Crippen LogP contribution in [0.1, 0.15) is 11.5 Å². The Kier molecular flexibility index (Phi) is 3.30. The van der Waals surface area contributed by atoms with Crippen molar-refractivity contribution in [1.82, 2.24) is 25.1 Å². The van der Waals surface area contributed by atoms with Crippen molar-refractivity contribution in [2.45, 2.75) is 13.1 Å². The van der Waals surface area contributed by atoms with E-state index in [2.05, 4.69) is 20.4 Å². The maximum atomic E-state index is 11.9. The summed E-state index contributed by atoms with van der Waals surface area (Å²) in [7, 11) is 1.88. The van der Waals surface area contributed by atoms with Crippen molar-refractivity contribution in [3.63, 3.8) is 0 Å². The van der Waals surface area contributed by atoms with E-state index in [1.165, 1.54) is 0 Å². The summed E-state index contributed by atoms with van der Waals surface area (Å²) in [5.41, 5.74) is 1.56. The molecular weight excluding hydrogens is 254 g/mol. The van der Waals surface area contributed by atoms with Gasteiger partial charge in [0, 0.05) is 19.8 Å². The minimum atomic E-state index is -0.106. The summed E-state index contributed by atoms with van der Waals surface area (Å²) in [6, 6.07) is 9.26. The average Bonchev–Trinajstić information content (AvgIpc) is 2.85. The van der Waals surface area contributed by atoms with E-state index in [4.69, 9.17) is 0 Å². The molecular formula is C14H15N5O. The van der Waals surface area contributed by atoms with Crippen molar-refractivity contribution in [2.24, 2.45) is 7.05 Å². The van der Waals surface area contributed by atoms with Gasteiger partial charge in [-0.3, -0.25) is 9.48 Å². The molecule has 1 aromatic carbocycles. The molecule has 0 unspecified atom stereocenters. The van der Waals surface area contributed by atoms with E-state index in [9.17, 15) is 4.79 Å². The van der Waals surface area contributed by atoms with Gasteiger partial charge in [-0.15, -0.1) is 0 Å². The number of nitrogens with zero attached hydrogens (tertiary/aromatic N) is 3. The number of benzene rings is 1. The Morgan fingerprint density at radius 1 is 1.25 bits per heavy atom. The van der Waals surface area contributed by atoms with E-state index in [-0.39, 0.29) is 5.56 Å². The monoisotopic (exact) mass is 269 g/mol. The molecule has 0 aliphatic heterocycles. The van der Waals surface area contributed by atoms with Gasteiger partial charge in [-0.2, -0.15) is 5.10 Å². The third kappa shape index (κ3) is 2.60. The first kappa shape index (κ1) is 12.6. The number of fused-ring (bicyclic) bond motifs is 1. The highest BCUT2D eigenvalue weighted by atomic mass is 16.1. The number of hydrogen-bond donors (Lipinski definition) is 2. The SMILES string of the molecule is Cn1ccc(CNCc2nc3ccccc3c(=O)[nH]2)n1. The topological polar surface area (TPSA) is 75.6 Å². The molecule has 0 fully saturated rings. The third-order valence-electron chi connectivity index (χ3n) is 3.03. The molecule has 102 valence electrons. The number of aromatic amines is 1. The van der Waals surface area contributed by atoms with Crippen LogP contribution in [0.3, 0.4) is 0 Å². The molecule has 2 aromatic heterocycles. The third-order valence-corrected chi connectivity index (χ3v) is 3.03. The highest BCUT2D eigenvalue weighted by Crippen LogP contribution is 2.05. The van der Waals surface area contributed by atoms with Gasteiger partial charge in [0.25, 0.3) is 5.56 Å². The molecule has 0 spiro atoms. The Bertz CT molecular complexity index is 789. The van der Waals surface area contributed by atoms with E-state index >= 15 is 0 Å². The Hall–Kier alpha value is -2.47. The summed E-state index contributed by atoms with van der Waals surface area (Å²) in [6.07, 6.45) is 1.90. The molecule has 20 heavy (non-hydrogen) atoms. The lowest BCUT2D eigenvalue weighted by Gasteiger charge is -2.04. The highest BCUT2D eigenvalue weighted by Gasteiger charge is 2.03. The summed E-state index contributed by atoms with van der Waals surface area (Å²) < 4.78 is 1.76. The predicted molar refractivity (Wildman–Crippen MR) is 76.1 cm³/mol. The zero-order valence-corrected chi connectivity index (χ0v) is 11.1. The van der Waals surface area contributed by atoms with Gasteiger partial charge in [-0.1, -0.05) is 12.1 Å².